The average molecular weight is 379 g/mol. The fraction of sp³-hybridized carbons (Fsp3) is 0.571. The lowest BCUT2D eigenvalue weighted by Crippen LogP contribution is -2.35. The number of rotatable bonds is 5. The number of halogens is 2. The Labute approximate surface area is 133 Å². The van der Waals surface area contributed by atoms with Gasteiger partial charge >= 0.3 is 0 Å². The monoisotopic (exact) mass is 378 g/mol. The third-order valence-corrected chi connectivity index (χ3v) is 5.59. The molecule has 0 unspecified atom stereocenters. The van der Waals surface area contributed by atoms with Gasteiger partial charge in [-0.2, -0.15) is 0 Å². The Bertz CT molecular complexity index is 572. The standard InChI is InChI=1S/C14H20BrFN2O2S/c15-12-5-6-14(13(16)11-12)21(19,20)17-7-10-18-8-3-1-2-4-9-18/h5-6,11,17H,1-4,7-10H2. The molecule has 1 aromatic carbocycles. The molecule has 118 valence electrons. The summed E-state index contributed by atoms with van der Waals surface area (Å²) in [5, 5.41) is 0. The molecular formula is C14H20BrFN2O2S. The number of likely N-dealkylation sites (tertiary alicyclic amines) is 1. The summed E-state index contributed by atoms with van der Waals surface area (Å²) in [5.41, 5.74) is 0. The molecule has 2 rings (SSSR count). The molecule has 1 N–H and O–H groups in total. The lowest BCUT2D eigenvalue weighted by atomic mass is 10.2. The van der Waals surface area contributed by atoms with Crippen LogP contribution in [0.5, 0.6) is 0 Å². The van der Waals surface area contributed by atoms with Gasteiger partial charge in [-0.1, -0.05) is 28.8 Å². The first-order valence-corrected chi connectivity index (χ1v) is 9.44. The van der Waals surface area contributed by atoms with E-state index in [1.54, 1.807) is 0 Å². The van der Waals surface area contributed by atoms with Gasteiger partial charge in [-0.3, -0.25) is 0 Å². The van der Waals surface area contributed by atoms with Gasteiger partial charge in [0.2, 0.25) is 10.0 Å². The molecule has 1 fully saturated rings. The molecule has 0 aromatic heterocycles. The van der Waals surface area contributed by atoms with Crippen molar-refractivity contribution >= 4 is 26.0 Å². The van der Waals surface area contributed by atoms with E-state index in [0.29, 0.717) is 17.6 Å². The maximum Gasteiger partial charge on any atom is 0.243 e. The van der Waals surface area contributed by atoms with Crippen LogP contribution in [0.2, 0.25) is 0 Å². The van der Waals surface area contributed by atoms with Crippen molar-refractivity contribution in [3.8, 4) is 0 Å². The molecule has 4 nitrogen and oxygen atoms in total. The summed E-state index contributed by atoms with van der Waals surface area (Å²) in [4.78, 5) is 1.95. The molecule has 1 saturated heterocycles. The number of hydrogen-bond donors (Lipinski definition) is 1. The van der Waals surface area contributed by atoms with Gasteiger partial charge in [-0.15, -0.1) is 0 Å². The largest absolute Gasteiger partial charge is 0.302 e. The predicted molar refractivity (Wildman–Crippen MR) is 84.2 cm³/mol. The van der Waals surface area contributed by atoms with E-state index in [2.05, 4.69) is 25.6 Å². The van der Waals surface area contributed by atoms with Crippen LogP contribution in [0.25, 0.3) is 0 Å². The first-order chi connectivity index (χ1) is 9.99. The second kappa shape index (κ2) is 7.67. The van der Waals surface area contributed by atoms with Gasteiger partial charge in [0, 0.05) is 17.6 Å². The van der Waals surface area contributed by atoms with Gasteiger partial charge < -0.3 is 4.90 Å². The summed E-state index contributed by atoms with van der Waals surface area (Å²) in [7, 11) is -3.79. The Balaban J connectivity index is 1.91. The van der Waals surface area contributed by atoms with Crippen molar-refractivity contribution in [2.75, 3.05) is 26.2 Å². The molecule has 0 radical (unpaired) electrons. The maximum absolute atomic E-state index is 13.7. The van der Waals surface area contributed by atoms with E-state index in [1.807, 2.05) is 0 Å². The third kappa shape index (κ3) is 5.02. The van der Waals surface area contributed by atoms with Crippen LogP contribution in [-0.4, -0.2) is 39.5 Å². The lowest BCUT2D eigenvalue weighted by Gasteiger charge is -2.19. The number of nitrogens with one attached hydrogen (secondary N) is 1. The smallest absolute Gasteiger partial charge is 0.243 e. The molecule has 1 aliphatic heterocycles. The summed E-state index contributed by atoms with van der Waals surface area (Å²) in [6.07, 6.45) is 4.81. The molecule has 0 spiro atoms. The van der Waals surface area contributed by atoms with Crippen LogP contribution >= 0.6 is 15.9 Å². The predicted octanol–water partition coefficient (Wildman–Crippen LogP) is 2.74. The minimum atomic E-state index is -3.79. The van der Waals surface area contributed by atoms with Crippen molar-refractivity contribution in [3.63, 3.8) is 0 Å². The Kier molecular flexibility index (Phi) is 6.16. The molecule has 7 heteroatoms. The van der Waals surface area contributed by atoms with Crippen LogP contribution in [0.15, 0.2) is 27.6 Å². The van der Waals surface area contributed by atoms with Crippen LogP contribution in [0.1, 0.15) is 25.7 Å². The van der Waals surface area contributed by atoms with Crippen molar-refractivity contribution < 1.29 is 12.8 Å². The number of sulfonamides is 1. The zero-order chi connectivity index (χ0) is 15.3. The minimum Gasteiger partial charge on any atom is -0.302 e. The summed E-state index contributed by atoms with van der Waals surface area (Å²) < 4.78 is 40.9. The minimum absolute atomic E-state index is 0.303. The Morgan fingerprint density at radius 3 is 2.48 bits per heavy atom. The van der Waals surface area contributed by atoms with Gasteiger partial charge in [0.05, 0.1) is 0 Å². The van der Waals surface area contributed by atoms with Gasteiger partial charge in [0.15, 0.2) is 0 Å². The highest BCUT2D eigenvalue weighted by atomic mass is 79.9. The summed E-state index contributed by atoms with van der Waals surface area (Å²) >= 11 is 3.11. The number of benzene rings is 1. The zero-order valence-electron chi connectivity index (χ0n) is 11.8. The molecule has 0 amide bonds. The summed E-state index contributed by atoms with van der Waals surface area (Å²) in [6, 6.07) is 3.95. The molecule has 0 atom stereocenters. The van der Waals surface area contributed by atoms with Crippen LogP contribution < -0.4 is 4.72 Å². The van der Waals surface area contributed by atoms with Crippen molar-refractivity contribution in [3.05, 3.63) is 28.5 Å². The lowest BCUT2D eigenvalue weighted by molar-refractivity contribution is 0.290. The van der Waals surface area contributed by atoms with Crippen LogP contribution in [0, 0.1) is 5.82 Å². The maximum atomic E-state index is 13.7. The average Bonchev–Trinajstić information content (AvgIpc) is 2.66. The quantitative estimate of drug-likeness (QED) is 0.856. The molecular weight excluding hydrogens is 359 g/mol. The zero-order valence-corrected chi connectivity index (χ0v) is 14.2. The fourth-order valence-electron chi connectivity index (χ4n) is 2.47. The third-order valence-electron chi connectivity index (χ3n) is 3.60. The van der Waals surface area contributed by atoms with Crippen molar-refractivity contribution in [2.24, 2.45) is 0 Å². The topological polar surface area (TPSA) is 49.4 Å². The normalized spacial score (nSPS) is 17.6. The highest BCUT2D eigenvalue weighted by molar-refractivity contribution is 9.10. The fourth-order valence-corrected chi connectivity index (χ4v) is 3.88. The highest BCUT2D eigenvalue weighted by Gasteiger charge is 2.19. The molecule has 1 aromatic rings. The van der Waals surface area contributed by atoms with E-state index in [0.717, 1.165) is 32.0 Å². The molecule has 0 aliphatic carbocycles. The second-order valence-corrected chi connectivity index (χ2v) is 7.88. The molecule has 21 heavy (non-hydrogen) atoms. The van der Waals surface area contributed by atoms with Crippen molar-refractivity contribution in [1.29, 1.82) is 0 Å². The van der Waals surface area contributed by atoms with E-state index < -0.39 is 15.8 Å². The Morgan fingerprint density at radius 2 is 1.86 bits per heavy atom. The van der Waals surface area contributed by atoms with E-state index in [-0.39, 0.29) is 4.90 Å². The SMILES string of the molecule is O=S(=O)(NCCN1CCCCCC1)c1ccc(Br)cc1F. The molecule has 1 aliphatic rings. The van der Waals surface area contributed by atoms with Crippen LogP contribution in [0.4, 0.5) is 4.39 Å². The number of hydrogen-bond acceptors (Lipinski definition) is 3. The molecule has 1 heterocycles. The Morgan fingerprint density at radius 1 is 1.19 bits per heavy atom. The van der Waals surface area contributed by atoms with Crippen molar-refractivity contribution in [1.82, 2.24) is 9.62 Å². The van der Waals surface area contributed by atoms with Gasteiger partial charge in [-0.25, -0.2) is 17.5 Å². The van der Waals surface area contributed by atoms with Crippen LogP contribution in [0.3, 0.4) is 0 Å². The second-order valence-electron chi connectivity index (χ2n) is 5.23. The van der Waals surface area contributed by atoms with E-state index in [9.17, 15) is 12.8 Å². The van der Waals surface area contributed by atoms with Crippen LogP contribution in [-0.2, 0) is 10.0 Å². The van der Waals surface area contributed by atoms with E-state index >= 15 is 0 Å². The van der Waals surface area contributed by atoms with E-state index in [4.69, 9.17) is 0 Å². The highest BCUT2D eigenvalue weighted by Crippen LogP contribution is 2.19. The van der Waals surface area contributed by atoms with Gasteiger partial charge in [0.1, 0.15) is 10.7 Å². The number of nitrogens with zero attached hydrogens (tertiary/aromatic N) is 1. The first kappa shape index (κ1) is 16.9. The van der Waals surface area contributed by atoms with E-state index in [1.165, 1.54) is 25.0 Å². The van der Waals surface area contributed by atoms with Gasteiger partial charge in [0.25, 0.3) is 0 Å². The molecule has 0 saturated carbocycles. The summed E-state index contributed by atoms with van der Waals surface area (Å²) in [5.74, 6) is -0.744. The van der Waals surface area contributed by atoms with Gasteiger partial charge in [-0.05, 0) is 44.1 Å². The summed E-state index contributed by atoms with van der Waals surface area (Å²) in [6.45, 7) is 2.98. The molecule has 0 bridgehead atoms. The Hall–Kier alpha value is -0.500. The van der Waals surface area contributed by atoms with Crippen molar-refractivity contribution in [2.45, 2.75) is 30.6 Å². The first-order valence-electron chi connectivity index (χ1n) is 7.16.